The fraction of sp³-hybridized carbons (Fsp3) is 0.200. The molecule has 2 rings (SSSR count). The number of rotatable bonds is 5. The maximum atomic E-state index is 6.18. The maximum absolute atomic E-state index is 6.18. The fourth-order valence-corrected chi connectivity index (χ4v) is 2.32. The predicted molar refractivity (Wildman–Crippen MR) is 82.7 cm³/mol. The second-order valence-corrected chi connectivity index (χ2v) is 5.50. The van der Waals surface area contributed by atoms with Crippen LogP contribution in [-0.2, 0) is 13.0 Å². The van der Waals surface area contributed by atoms with Gasteiger partial charge >= 0.3 is 0 Å². The third-order valence-electron chi connectivity index (χ3n) is 2.76. The van der Waals surface area contributed by atoms with Crippen LogP contribution in [0.4, 0.5) is 0 Å². The van der Waals surface area contributed by atoms with Crippen LogP contribution in [0.1, 0.15) is 11.1 Å². The summed E-state index contributed by atoms with van der Waals surface area (Å²) in [6.45, 7) is 1.07. The van der Waals surface area contributed by atoms with Gasteiger partial charge in [-0.15, -0.1) is 0 Å². The molecule has 0 aromatic heterocycles. The smallest absolute Gasteiger partial charge is 0.141 e. The summed E-state index contributed by atoms with van der Waals surface area (Å²) in [5, 5.41) is 0.628. The van der Waals surface area contributed by atoms with Gasteiger partial charge < -0.3 is 10.5 Å². The first-order chi connectivity index (χ1) is 9.20. The quantitative estimate of drug-likeness (QED) is 0.886. The van der Waals surface area contributed by atoms with E-state index in [1.165, 1.54) is 0 Å². The zero-order chi connectivity index (χ0) is 13.7. The lowest BCUT2D eigenvalue weighted by atomic mass is 10.1. The first-order valence-electron chi connectivity index (χ1n) is 6.05. The molecule has 0 bridgehead atoms. The van der Waals surface area contributed by atoms with Crippen LogP contribution < -0.4 is 10.5 Å². The lowest BCUT2D eigenvalue weighted by Gasteiger charge is -2.12. The lowest BCUT2D eigenvalue weighted by molar-refractivity contribution is 0.303. The summed E-state index contributed by atoms with van der Waals surface area (Å²) in [4.78, 5) is 0. The van der Waals surface area contributed by atoms with Gasteiger partial charge in [-0.2, -0.15) is 0 Å². The molecule has 2 nitrogen and oxygen atoms in total. The van der Waals surface area contributed by atoms with Gasteiger partial charge in [-0.25, -0.2) is 0 Å². The largest absolute Gasteiger partial charge is 0.487 e. The molecule has 0 aliphatic rings. The molecule has 0 saturated heterocycles. The van der Waals surface area contributed by atoms with E-state index in [4.69, 9.17) is 22.1 Å². The molecule has 2 aromatic carbocycles. The van der Waals surface area contributed by atoms with Gasteiger partial charge in [0.2, 0.25) is 0 Å². The highest BCUT2D eigenvalue weighted by Crippen LogP contribution is 2.29. The van der Waals surface area contributed by atoms with E-state index >= 15 is 0 Å². The van der Waals surface area contributed by atoms with Crippen LogP contribution in [0.15, 0.2) is 46.9 Å². The van der Waals surface area contributed by atoms with E-state index < -0.39 is 0 Å². The number of nitrogens with two attached hydrogens (primary N) is 1. The summed E-state index contributed by atoms with van der Waals surface area (Å²) in [5.74, 6) is 0.734. The topological polar surface area (TPSA) is 35.2 Å². The third-order valence-corrected chi connectivity index (χ3v) is 3.58. The highest BCUT2D eigenvalue weighted by atomic mass is 79.9. The minimum Gasteiger partial charge on any atom is -0.487 e. The molecule has 4 heteroatoms. The molecule has 0 spiro atoms. The number of benzene rings is 2. The molecule has 2 N–H and O–H groups in total. The standard InChI is InChI=1S/C15H15BrClNO/c16-13-6-4-11(5-7-13)10-19-15-12(8-9-18)2-1-3-14(15)17/h1-7H,8-10,18H2. The van der Waals surface area contributed by atoms with Crippen molar-refractivity contribution in [1.82, 2.24) is 0 Å². The van der Waals surface area contributed by atoms with Crippen molar-refractivity contribution in [2.45, 2.75) is 13.0 Å². The lowest BCUT2D eigenvalue weighted by Crippen LogP contribution is -2.05. The second kappa shape index (κ2) is 6.94. The zero-order valence-electron chi connectivity index (χ0n) is 10.4. The van der Waals surface area contributed by atoms with Crippen molar-refractivity contribution in [2.75, 3.05) is 6.54 Å². The number of hydrogen-bond donors (Lipinski definition) is 1. The van der Waals surface area contributed by atoms with Crippen molar-refractivity contribution in [3.63, 3.8) is 0 Å². The molecule has 2 aromatic rings. The van der Waals surface area contributed by atoms with E-state index in [-0.39, 0.29) is 0 Å². The van der Waals surface area contributed by atoms with Crippen molar-refractivity contribution in [1.29, 1.82) is 0 Å². The molecular formula is C15H15BrClNO. The molecule has 100 valence electrons. The molecule has 0 radical (unpaired) electrons. The molecule has 0 fully saturated rings. The van der Waals surface area contributed by atoms with Crippen LogP contribution in [-0.4, -0.2) is 6.54 Å². The van der Waals surface area contributed by atoms with E-state index in [0.29, 0.717) is 18.2 Å². The monoisotopic (exact) mass is 339 g/mol. The summed E-state index contributed by atoms with van der Waals surface area (Å²) < 4.78 is 6.90. The van der Waals surface area contributed by atoms with Gasteiger partial charge in [-0.1, -0.05) is 51.8 Å². The molecular weight excluding hydrogens is 326 g/mol. The Bertz CT molecular complexity index is 542. The molecule has 0 amide bonds. The van der Waals surface area contributed by atoms with Crippen LogP contribution in [0.3, 0.4) is 0 Å². The molecule has 0 heterocycles. The van der Waals surface area contributed by atoms with Crippen LogP contribution in [0.25, 0.3) is 0 Å². The Hall–Kier alpha value is -1.03. The molecule has 0 unspecified atom stereocenters. The summed E-state index contributed by atoms with van der Waals surface area (Å²) in [7, 11) is 0. The zero-order valence-corrected chi connectivity index (χ0v) is 12.7. The van der Waals surface area contributed by atoms with Crippen molar-refractivity contribution >= 4 is 27.5 Å². The molecule has 0 saturated carbocycles. The van der Waals surface area contributed by atoms with Crippen molar-refractivity contribution < 1.29 is 4.74 Å². The van der Waals surface area contributed by atoms with Crippen molar-refractivity contribution in [3.8, 4) is 5.75 Å². The van der Waals surface area contributed by atoms with E-state index in [0.717, 1.165) is 27.8 Å². The van der Waals surface area contributed by atoms with Gasteiger partial charge in [0.25, 0.3) is 0 Å². The fourth-order valence-electron chi connectivity index (χ4n) is 1.80. The Morgan fingerprint density at radius 3 is 2.53 bits per heavy atom. The number of hydrogen-bond acceptors (Lipinski definition) is 2. The summed E-state index contributed by atoms with van der Waals surface area (Å²) in [6.07, 6.45) is 0.760. The van der Waals surface area contributed by atoms with Gasteiger partial charge in [-0.3, -0.25) is 0 Å². The Morgan fingerprint density at radius 1 is 1.11 bits per heavy atom. The van der Waals surface area contributed by atoms with Gasteiger partial charge in [0, 0.05) is 4.47 Å². The Kier molecular flexibility index (Phi) is 5.25. The van der Waals surface area contributed by atoms with Crippen LogP contribution in [0.5, 0.6) is 5.75 Å². The van der Waals surface area contributed by atoms with Crippen molar-refractivity contribution in [2.24, 2.45) is 5.73 Å². The van der Waals surface area contributed by atoms with Crippen LogP contribution in [0, 0.1) is 0 Å². The van der Waals surface area contributed by atoms with Crippen molar-refractivity contribution in [3.05, 3.63) is 63.1 Å². The van der Waals surface area contributed by atoms with Crippen LogP contribution in [0.2, 0.25) is 5.02 Å². The van der Waals surface area contributed by atoms with E-state index in [2.05, 4.69) is 15.9 Å². The second-order valence-electron chi connectivity index (χ2n) is 4.18. The normalized spacial score (nSPS) is 10.5. The van der Waals surface area contributed by atoms with Gasteiger partial charge in [-0.05, 0) is 42.3 Å². The first-order valence-corrected chi connectivity index (χ1v) is 7.22. The van der Waals surface area contributed by atoms with E-state index in [1.807, 2.05) is 42.5 Å². The minimum atomic E-state index is 0.495. The van der Waals surface area contributed by atoms with Gasteiger partial charge in [0.05, 0.1) is 5.02 Å². The first kappa shape index (κ1) is 14.4. The number of para-hydroxylation sites is 1. The minimum absolute atomic E-state index is 0.495. The van der Waals surface area contributed by atoms with E-state index in [9.17, 15) is 0 Å². The number of halogens is 2. The van der Waals surface area contributed by atoms with Crippen LogP contribution >= 0.6 is 27.5 Å². The third kappa shape index (κ3) is 3.96. The summed E-state index contributed by atoms with van der Waals surface area (Å²) in [6, 6.07) is 13.8. The highest BCUT2D eigenvalue weighted by Gasteiger charge is 2.08. The maximum Gasteiger partial charge on any atom is 0.141 e. The SMILES string of the molecule is NCCc1cccc(Cl)c1OCc1ccc(Br)cc1. The molecule has 0 aliphatic heterocycles. The molecule has 19 heavy (non-hydrogen) atoms. The Labute approximate surface area is 126 Å². The average Bonchev–Trinajstić information content (AvgIpc) is 2.40. The predicted octanol–water partition coefficient (Wildman–Crippen LogP) is 4.18. The summed E-state index contributed by atoms with van der Waals surface area (Å²) in [5.41, 5.74) is 7.75. The molecule has 0 aliphatic carbocycles. The number of ether oxygens (including phenoxy) is 1. The van der Waals surface area contributed by atoms with Gasteiger partial charge in [0.15, 0.2) is 0 Å². The molecule has 0 atom stereocenters. The van der Waals surface area contributed by atoms with E-state index in [1.54, 1.807) is 0 Å². The van der Waals surface area contributed by atoms with Gasteiger partial charge in [0.1, 0.15) is 12.4 Å². The highest BCUT2D eigenvalue weighted by molar-refractivity contribution is 9.10. The average molecular weight is 341 g/mol. The Balaban J connectivity index is 2.12. The summed E-state index contributed by atoms with van der Waals surface area (Å²) >= 11 is 9.59. The Morgan fingerprint density at radius 2 is 1.84 bits per heavy atom.